The number of aryl methyl sites for hydroxylation is 2. The predicted molar refractivity (Wildman–Crippen MR) is 114 cm³/mol. The zero-order chi connectivity index (χ0) is 22.1. The first-order chi connectivity index (χ1) is 14.9. The third-order valence-corrected chi connectivity index (χ3v) is 5.75. The van der Waals surface area contributed by atoms with Crippen molar-refractivity contribution in [2.45, 2.75) is 39.3 Å². The van der Waals surface area contributed by atoms with Gasteiger partial charge in [-0.25, -0.2) is 9.37 Å². The van der Waals surface area contributed by atoms with Crippen LogP contribution in [0.3, 0.4) is 0 Å². The largest absolute Gasteiger partial charge is 0.392 e. The molecule has 160 valence electrons. The molecule has 1 unspecified atom stereocenters. The van der Waals surface area contributed by atoms with Crippen LogP contribution >= 0.6 is 0 Å². The molecule has 0 bridgehead atoms. The minimum Gasteiger partial charge on any atom is -0.392 e. The van der Waals surface area contributed by atoms with E-state index in [0.717, 1.165) is 18.4 Å². The van der Waals surface area contributed by atoms with E-state index in [4.69, 9.17) is 0 Å². The number of aliphatic hydroxyl groups is 1. The number of carbonyl (C=O) groups is 1. The summed E-state index contributed by atoms with van der Waals surface area (Å²) in [6.07, 6.45) is 3.44. The molecule has 6 heteroatoms. The molecule has 0 aliphatic heterocycles. The molecule has 2 aromatic carbocycles. The van der Waals surface area contributed by atoms with Crippen molar-refractivity contribution in [1.29, 1.82) is 0 Å². The van der Waals surface area contributed by atoms with Crippen LogP contribution in [0.2, 0.25) is 0 Å². The first kappa shape index (κ1) is 21.1. The molecule has 1 aromatic heterocycles. The third-order valence-electron chi connectivity index (χ3n) is 5.75. The van der Waals surface area contributed by atoms with Crippen molar-refractivity contribution in [2.24, 2.45) is 5.92 Å². The molecule has 0 spiro atoms. The summed E-state index contributed by atoms with van der Waals surface area (Å²) >= 11 is 0. The number of rotatable bonds is 6. The normalized spacial score (nSPS) is 14.4. The van der Waals surface area contributed by atoms with E-state index >= 15 is 0 Å². The van der Waals surface area contributed by atoms with Gasteiger partial charge in [0.1, 0.15) is 5.82 Å². The molecule has 1 heterocycles. The van der Waals surface area contributed by atoms with E-state index in [9.17, 15) is 18.7 Å². The van der Waals surface area contributed by atoms with Crippen molar-refractivity contribution in [3.8, 4) is 11.1 Å². The zero-order valence-electron chi connectivity index (χ0n) is 17.5. The fourth-order valence-electron chi connectivity index (χ4n) is 3.88. The summed E-state index contributed by atoms with van der Waals surface area (Å²) in [5.74, 6) is -0.798. The summed E-state index contributed by atoms with van der Waals surface area (Å²) in [4.78, 5) is 16.9. The van der Waals surface area contributed by atoms with Gasteiger partial charge in [-0.3, -0.25) is 4.79 Å². The summed E-state index contributed by atoms with van der Waals surface area (Å²) in [6, 6.07) is 11.2. The maximum atomic E-state index is 13.7. The Labute approximate surface area is 180 Å². The second kappa shape index (κ2) is 8.55. The second-order valence-corrected chi connectivity index (χ2v) is 8.20. The number of hydrogen-bond acceptors (Lipinski definition) is 3. The zero-order valence-corrected chi connectivity index (χ0v) is 17.5. The van der Waals surface area contributed by atoms with E-state index in [1.807, 2.05) is 0 Å². The number of halogens is 2. The fourth-order valence-corrected chi connectivity index (χ4v) is 3.88. The lowest BCUT2D eigenvalue weighted by Gasteiger charge is -2.20. The van der Waals surface area contributed by atoms with E-state index in [2.05, 4.69) is 10.3 Å². The van der Waals surface area contributed by atoms with Crippen LogP contribution in [0.4, 0.5) is 8.78 Å². The van der Waals surface area contributed by atoms with E-state index in [1.165, 1.54) is 18.3 Å². The van der Waals surface area contributed by atoms with E-state index in [-0.39, 0.29) is 24.4 Å². The standard InChI is InChI=1S/C25H24F2N2O2/c1-14-8-23(27)28-12-21(14)19-9-16(13-30)10-20(11-19)25(31)29-24(17-3-4-17)18-5-6-22(26)15(2)7-18/h5-12,17,24,30H,3-4,13H2,1-2H3,(H,29,31). The van der Waals surface area contributed by atoms with Crippen LogP contribution in [0, 0.1) is 31.5 Å². The Bertz CT molecular complexity index is 1140. The van der Waals surface area contributed by atoms with E-state index < -0.39 is 5.95 Å². The van der Waals surface area contributed by atoms with Crippen molar-refractivity contribution in [2.75, 3.05) is 0 Å². The number of nitrogens with one attached hydrogen (secondary N) is 1. The summed E-state index contributed by atoms with van der Waals surface area (Å²) in [5.41, 5.74) is 4.46. The lowest BCUT2D eigenvalue weighted by atomic mass is 9.96. The predicted octanol–water partition coefficient (Wildman–Crippen LogP) is 5.02. The highest BCUT2D eigenvalue weighted by molar-refractivity contribution is 5.96. The van der Waals surface area contributed by atoms with Crippen LogP contribution in [0.15, 0.2) is 48.7 Å². The number of benzene rings is 2. The van der Waals surface area contributed by atoms with Crippen molar-refractivity contribution in [3.63, 3.8) is 0 Å². The molecule has 4 rings (SSSR count). The Hall–Kier alpha value is -3.12. The van der Waals surface area contributed by atoms with Crippen LogP contribution in [-0.4, -0.2) is 16.0 Å². The monoisotopic (exact) mass is 422 g/mol. The maximum absolute atomic E-state index is 13.7. The summed E-state index contributed by atoms with van der Waals surface area (Å²) in [6.45, 7) is 3.25. The highest BCUT2D eigenvalue weighted by Gasteiger charge is 2.34. The summed E-state index contributed by atoms with van der Waals surface area (Å²) in [7, 11) is 0. The molecule has 1 amide bonds. The van der Waals surface area contributed by atoms with E-state index in [0.29, 0.717) is 39.3 Å². The molecule has 1 fully saturated rings. The molecular formula is C25H24F2N2O2. The van der Waals surface area contributed by atoms with Gasteiger partial charge in [0.15, 0.2) is 0 Å². The molecule has 1 atom stereocenters. The van der Waals surface area contributed by atoms with Gasteiger partial charge in [0, 0.05) is 17.3 Å². The Morgan fingerprint density at radius 1 is 1.13 bits per heavy atom. The van der Waals surface area contributed by atoms with E-state index in [1.54, 1.807) is 44.2 Å². The van der Waals surface area contributed by atoms with Crippen LogP contribution in [0.1, 0.15) is 51.5 Å². The topological polar surface area (TPSA) is 62.2 Å². The Morgan fingerprint density at radius 2 is 1.90 bits per heavy atom. The maximum Gasteiger partial charge on any atom is 0.251 e. The molecule has 0 saturated heterocycles. The van der Waals surface area contributed by atoms with Crippen molar-refractivity contribution >= 4 is 5.91 Å². The van der Waals surface area contributed by atoms with Gasteiger partial charge in [0.2, 0.25) is 5.95 Å². The van der Waals surface area contributed by atoms with Crippen molar-refractivity contribution in [3.05, 3.63) is 88.2 Å². The highest BCUT2D eigenvalue weighted by Crippen LogP contribution is 2.41. The van der Waals surface area contributed by atoms with Gasteiger partial charge in [-0.2, -0.15) is 4.39 Å². The number of hydrogen-bond donors (Lipinski definition) is 2. The van der Waals surface area contributed by atoms with Crippen LogP contribution in [0.5, 0.6) is 0 Å². The molecule has 1 saturated carbocycles. The summed E-state index contributed by atoms with van der Waals surface area (Å²) < 4.78 is 27.1. The molecule has 4 nitrogen and oxygen atoms in total. The number of carbonyl (C=O) groups excluding carboxylic acids is 1. The SMILES string of the molecule is Cc1cc(C(NC(=O)c2cc(CO)cc(-c3cnc(F)cc3C)c2)C2CC2)ccc1F. The third kappa shape index (κ3) is 4.64. The molecule has 1 aliphatic rings. The van der Waals surface area contributed by atoms with Gasteiger partial charge in [0.05, 0.1) is 12.6 Å². The molecule has 31 heavy (non-hydrogen) atoms. The van der Waals surface area contributed by atoms with Gasteiger partial charge < -0.3 is 10.4 Å². The van der Waals surface area contributed by atoms with Crippen LogP contribution in [0.25, 0.3) is 11.1 Å². The number of aromatic nitrogens is 1. The molecule has 0 radical (unpaired) electrons. The van der Waals surface area contributed by atoms with Crippen LogP contribution < -0.4 is 5.32 Å². The first-order valence-corrected chi connectivity index (χ1v) is 10.3. The first-order valence-electron chi connectivity index (χ1n) is 10.3. The molecule has 3 aromatic rings. The second-order valence-electron chi connectivity index (χ2n) is 8.20. The average Bonchev–Trinajstić information content (AvgIpc) is 3.58. The number of nitrogens with zero attached hydrogens (tertiary/aromatic N) is 1. The van der Waals surface area contributed by atoms with Crippen molar-refractivity contribution < 1.29 is 18.7 Å². The van der Waals surface area contributed by atoms with Gasteiger partial charge in [0.25, 0.3) is 5.91 Å². The summed E-state index contributed by atoms with van der Waals surface area (Å²) in [5, 5.41) is 12.8. The number of aliphatic hydroxyl groups excluding tert-OH is 1. The van der Waals surface area contributed by atoms with Gasteiger partial charge >= 0.3 is 0 Å². The fraction of sp³-hybridized carbons (Fsp3) is 0.280. The Morgan fingerprint density at radius 3 is 2.55 bits per heavy atom. The molecular weight excluding hydrogens is 398 g/mol. The Balaban J connectivity index is 1.66. The number of amides is 1. The Kier molecular flexibility index (Phi) is 5.83. The minimum absolute atomic E-state index is 0.206. The average molecular weight is 422 g/mol. The molecule has 2 N–H and O–H groups in total. The quantitative estimate of drug-likeness (QED) is 0.549. The number of pyridine rings is 1. The van der Waals surface area contributed by atoms with Crippen molar-refractivity contribution in [1.82, 2.24) is 10.3 Å². The molecule has 1 aliphatic carbocycles. The lowest BCUT2D eigenvalue weighted by molar-refractivity contribution is 0.0931. The lowest BCUT2D eigenvalue weighted by Crippen LogP contribution is -2.30. The van der Waals surface area contributed by atoms with Gasteiger partial charge in [-0.1, -0.05) is 12.1 Å². The van der Waals surface area contributed by atoms with Gasteiger partial charge in [-0.15, -0.1) is 0 Å². The van der Waals surface area contributed by atoms with Crippen LogP contribution in [-0.2, 0) is 6.61 Å². The van der Waals surface area contributed by atoms with Gasteiger partial charge in [-0.05, 0) is 90.8 Å². The smallest absolute Gasteiger partial charge is 0.251 e. The minimum atomic E-state index is -0.570. The highest BCUT2D eigenvalue weighted by atomic mass is 19.1.